The normalized spacial score (nSPS) is 6.56. The summed E-state index contributed by atoms with van der Waals surface area (Å²) in [6, 6.07) is 3.83. The summed E-state index contributed by atoms with van der Waals surface area (Å²) in [4.78, 5) is 0. The van der Waals surface area contributed by atoms with Crippen molar-refractivity contribution in [2.24, 2.45) is 0 Å². The van der Waals surface area contributed by atoms with Gasteiger partial charge in [0.2, 0.25) is 0 Å². The molecule has 2 N–H and O–H groups in total. The first-order valence-electron chi connectivity index (χ1n) is 4.04. The van der Waals surface area contributed by atoms with Crippen LogP contribution in [0.25, 0.3) is 0 Å². The summed E-state index contributed by atoms with van der Waals surface area (Å²) in [5.74, 6) is 0. The van der Waals surface area contributed by atoms with E-state index in [1.165, 1.54) is 0 Å². The standard InChI is InChI=1S/2C4H6N2.Mo.2O2.O/c2*1-4-2-3-5-6-4;;2*1-2;/h2*2-3H,1H3,(H,5,6);;;;/q;;;3*-2. The van der Waals surface area contributed by atoms with Crippen molar-refractivity contribution < 1.29 is 47.6 Å². The summed E-state index contributed by atoms with van der Waals surface area (Å²) in [5, 5.41) is 40.9. The molecule has 0 saturated heterocycles. The van der Waals surface area contributed by atoms with Gasteiger partial charge in [-0.05, 0) is 26.0 Å². The van der Waals surface area contributed by atoms with E-state index < -0.39 is 0 Å². The molecule has 0 unspecified atom stereocenters. The first kappa shape index (κ1) is 25.7. The molecule has 0 spiro atoms. The molecule has 2 aromatic rings. The number of nitrogens with one attached hydrogen (secondary N) is 2. The maximum absolute atomic E-state index is 7.00. The topological polar surface area (TPSA) is 178 Å². The molecule has 18 heavy (non-hydrogen) atoms. The summed E-state index contributed by atoms with van der Waals surface area (Å²) in [6.45, 7) is 3.93. The summed E-state index contributed by atoms with van der Waals surface area (Å²) in [6.07, 6.45) is 3.46. The molecule has 2 aromatic heterocycles. The first-order chi connectivity index (χ1) is 7.79. The first-order valence-corrected chi connectivity index (χ1v) is 4.04. The zero-order valence-corrected chi connectivity index (χ0v) is 11.7. The Bertz CT molecular complexity index is 271. The van der Waals surface area contributed by atoms with E-state index in [0.29, 0.717) is 0 Å². The van der Waals surface area contributed by atoms with E-state index in [-0.39, 0.29) is 26.5 Å². The van der Waals surface area contributed by atoms with Gasteiger partial charge in [-0.2, -0.15) is 10.2 Å². The minimum atomic E-state index is 0. The maximum Gasteiger partial charge on any atom is 0.0489 e. The molecule has 106 valence electrons. The minimum absolute atomic E-state index is 0. The number of aryl methyl sites for hydroxylation is 2. The molecule has 2 rings (SSSR count). The minimum Gasteiger partial charge on any atom is -2.00 e. The number of aromatic amines is 2. The molecule has 0 bridgehead atoms. The summed E-state index contributed by atoms with van der Waals surface area (Å²) < 4.78 is 0. The number of aromatic nitrogens is 4. The largest absolute Gasteiger partial charge is 2.00 e. The molecule has 0 aliphatic heterocycles. The van der Waals surface area contributed by atoms with Crippen molar-refractivity contribution in [1.29, 1.82) is 0 Å². The van der Waals surface area contributed by atoms with Crippen molar-refractivity contribution in [2.45, 2.75) is 13.8 Å². The summed E-state index contributed by atoms with van der Waals surface area (Å²) >= 11 is 0. The number of nitrogens with zero attached hydrogens (tertiary/aromatic N) is 2. The monoisotopic (exact) mass is 342 g/mol. The molecule has 0 fully saturated rings. The van der Waals surface area contributed by atoms with Crippen LogP contribution >= 0.6 is 0 Å². The van der Waals surface area contributed by atoms with Gasteiger partial charge >= 0.3 is 0 Å². The van der Waals surface area contributed by atoms with Crippen LogP contribution < -0.4 is 21.0 Å². The molecule has 0 aromatic carbocycles. The van der Waals surface area contributed by atoms with Gasteiger partial charge in [0.05, 0.1) is 0 Å². The molecule has 0 aliphatic rings. The third-order valence-electron chi connectivity index (χ3n) is 1.28. The Morgan fingerprint density at radius 2 is 1.11 bits per heavy atom. The Hall–Kier alpha value is -1.09. The average molecular weight is 340 g/mol. The SMILES string of the molecule is Cc1ccn[nH]1.Cc1ccn[nH]1.[Mo].[O-2].[O-][O-].[O-][O-]. The van der Waals surface area contributed by atoms with Gasteiger partial charge < -0.3 is 26.5 Å². The van der Waals surface area contributed by atoms with Gasteiger partial charge in [0.15, 0.2) is 0 Å². The van der Waals surface area contributed by atoms with Crippen molar-refractivity contribution in [2.75, 3.05) is 0 Å². The van der Waals surface area contributed by atoms with Crippen LogP contribution in [0.3, 0.4) is 0 Å². The maximum atomic E-state index is 7.00. The van der Waals surface area contributed by atoms with Crippen LogP contribution in [0.1, 0.15) is 11.4 Å². The Morgan fingerprint density at radius 1 is 0.833 bits per heavy atom. The van der Waals surface area contributed by atoms with Gasteiger partial charge in [-0.1, -0.05) is 0 Å². The molecule has 10 heteroatoms. The molecule has 9 nitrogen and oxygen atoms in total. The van der Waals surface area contributed by atoms with Gasteiger partial charge in [-0.25, -0.2) is 0 Å². The molecule has 0 radical (unpaired) electrons. The number of hydrogen-bond donors (Lipinski definition) is 2. The zero-order valence-electron chi connectivity index (χ0n) is 9.65. The van der Waals surface area contributed by atoms with Crippen molar-refractivity contribution in [3.63, 3.8) is 0 Å². The predicted molar refractivity (Wildman–Crippen MR) is 47.3 cm³/mol. The van der Waals surface area contributed by atoms with E-state index in [2.05, 4.69) is 20.4 Å². The van der Waals surface area contributed by atoms with Crippen LogP contribution in [0.2, 0.25) is 0 Å². The van der Waals surface area contributed by atoms with Crippen LogP contribution in [-0.4, -0.2) is 20.4 Å². The van der Waals surface area contributed by atoms with Crippen LogP contribution in [0.5, 0.6) is 0 Å². The smallest absolute Gasteiger partial charge is 0.0489 e. The van der Waals surface area contributed by atoms with Gasteiger partial charge in [0, 0.05) is 44.8 Å². The van der Waals surface area contributed by atoms with E-state index in [1.54, 1.807) is 12.4 Å². The van der Waals surface area contributed by atoms with Crippen LogP contribution in [0.15, 0.2) is 24.5 Å². The van der Waals surface area contributed by atoms with E-state index >= 15 is 0 Å². The second-order valence-corrected chi connectivity index (χ2v) is 2.48. The molecule has 2 heterocycles. The second-order valence-electron chi connectivity index (χ2n) is 2.48. The quantitative estimate of drug-likeness (QED) is 0.286. The third kappa shape index (κ3) is 17.3. The molecular formula is C8H12MoN4O5-6. The second kappa shape index (κ2) is 21.2. The molecule has 0 saturated carbocycles. The Labute approximate surface area is 118 Å². The van der Waals surface area contributed by atoms with Gasteiger partial charge in [0.25, 0.3) is 0 Å². The van der Waals surface area contributed by atoms with Crippen LogP contribution in [0.4, 0.5) is 0 Å². The zero-order chi connectivity index (χ0) is 12.8. The van der Waals surface area contributed by atoms with E-state index in [1.807, 2.05) is 26.0 Å². The van der Waals surface area contributed by atoms with E-state index in [0.717, 1.165) is 11.4 Å². The third-order valence-corrected chi connectivity index (χ3v) is 1.28. The van der Waals surface area contributed by atoms with E-state index in [4.69, 9.17) is 21.0 Å². The fourth-order valence-corrected chi connectivity index (χ4v) is 0.651. The fourth-order valence-electron chi connectivity index (χ4n) is 0.651. The van der Waals surface area contributed by atoms with E-state index in [9.17, 15) is 0 Å². The van der Waals surface area contributed by atoms with Crippen molar-refractivity contribution >= 4 is 0 Å². The summed E-state index contributed by atoms with van der Waals surface area (Å²) in [5.41, 5.74) is 2.21. The van der Waals surface area contributed by atoms with Crippen molar-refractivity contribution in [3.05, 3.63) is 35.9 Å². The summed E-state index contributed by atoms with van der Waals surface area (Å²) in [7, 11) is 0. The van der Waals surface area contributed by atoms with Gasteiger partial charge in [-0.3, -0.25) is 10.2 Å². The fraction of sp³-hybridized carbons (Fsp3) is 0.250. The number of rotatable bonds is 0. The van der Waals surface area contributed by atoms with Gasteiger partial charge in [0.1, 0.15) is 0 Å². The van der Waals surface area contributed by atoms with Crippen molar-refractivity contribution in [1.82, 2.24) is 20.4 Å². The number of H-pyrrole nitrogens is 2. The Morgan fingerprint density at radius 3 is 1.17 bits per heavy atom. The van der Waals surface area contributed by atoms with Gasteiger partial charge in [-0.15, -0.1) is 0 Å². The Balaban J connectivity index is -0.0000000787. The average Bonchev–Trinajstić information content (AvgIpc) is 2.98. The van der Waals surface area contributed by atoms with Crippen LogP contribution in [-0.2, 0) is 26.5 Å². The molecular weight excluding hydrogens is 328 g/mol. The predicted octanol–water partition coefficient (Wildman–Crippen LogP) is -3.44. The Kier molecular flexibility index (Phi) is 30.3. The number of hydrogen-bond acceptors (Lipinski definition) is 6. The molecule has 0 amide bonds. The van der Waals surface area contributed by atoms with Crippen molar-refractivity contribution in [3.8, 4) is 0 Å². The molecule has 0 atom stereocenters. The molecule has 0 aliphatic carbocycles. The van der Waals surface area contributed by atoms with Crippen LogP contribution in [0, 0.1) is 13.8 Å².